The minimum Gasteiger partial charge on any atom is -0.243 e. The first kappa shape index (κ1) is 15.6. The van der Waals surface area contributed by atoms with E-state index >= 15 is 0 Å². The molecule has 0 spiro atoms. The molecule has 1 atom stereocenters. The molecule has 3 aromatic carbocycles. The Kier molecular flexibility index (Phi) is 4.08. The van der Waals surface area contributed by atoms with Crippen LogP contribution >= 0.6 is 11.6 Å². The summed E-state index contributed by atoms with van der Waals surface area (Å²) < 4.78 is 1.60. The van der Waals surface area contributed by atoms with Gasteiger partial charge in [0.15, 0.2) is 5.92 Å². The summed E-state index contributed by atoms with van der Waals surface area (Å²) in [7, 11) is 0. The molecule has 0 saturated heterocycles. The summed E-state index contributed by atoms with van der Waals surface area (Å²) in [5, 5.41) is 0.634. The Labute approximate surface area is 150 Å². The minimum absolute atomic E-state index is 0.292. The quantitative estimate of drug-likeness (QED) is 0.506. The maximum atomic E-state index is 12.7. The molecule has 122 valence electrons. The van der Waals surface area contributed by atoms with Gasteiger partial charge in [-0.2, -0.15) is 4.84 Å². The van der Waals surface area contributed by atoms with Gasteiger partial charge in [-0.3, -0.25) is 0 Å². The smallest absolute Gasteiger partial charge is 0.243 e. The summed E-state index contributed by atoms with van der Waals surface area (Å²) in [6, 6.07) is 26.7. The second kappa shape index (κ2) is 6.54. The van der Waals surface area contributed by atoms with E-state index in [1.54, 1.807) is 16.9 Å². The molecule has 4 rings (SSSR count). The van der Waals surface area contributed by atoms with Gasteiger partial charge in [-0.05, 0) is 29.8 Å². The molecule has 3 nitrogen and oxygen atoms in total. The lowest BCUT2D eigenvalue weighted by Gasteiger charge is -2.05. The third-order valence-corrected chi connectivity index (χ3v) is 4.42. The zero-order chi connectivity index (χ0) is 17.2. The number of halogens is 1. The first-order chi connectivity index (χ1) is 12.2. The molecule has 1 aliphatic heterocycles. The van der Waals surface area contributed by atoms with Crippen LogP contribution in [0.5, 0.6) is 0 Å². The number of rotatable bonds is 3. The first-order valence-electron chi connectivity index (χ1n) is 7.99. The van der Waals surface area contributed by atoms with Crippen LogP contribution in [-0.2, 0) is 9.63 Å². The fourth-order valence-electron chi connectivity index (χ4n) is 3.02. The van der Waals surface area contributed by atoms with Crippen molar-refractivity contribution in [3.05, 3.63) is 101 Å². The van der Waals surface area contributed by atoms with Crippen molar-refractivity contribution in [3.63, 3.8) is 0 Å². The molecule has 0 bridgehead atoms. The predicted molar refractivity (Wildman–Crippen MR) is 97.2 cm³/mol. The molecule has 0 aliphatic carbocycles. The van der Waals surface area contributed by atoms with Gasteiger partial charge >= 0.3 is 5.97 Å². The van der Waals surface area contributed by atoms with Gasteiger partial charge in [-0.1, -0.05) is 60.1 Å². The predicted octanol–water partition coefficient (Wildman–Crippen LogP) is 4.73. The Balaban J connectivity index is 1.93. The number of benzene rings is 3. The zero-order valence-electron chi connectivity index (χ0n) is 13.3. The summed E-state index contributed by atoms with van der Waals surface area (Å²) >= 11 is 5.99. The molecular weight excluding hydrogens is 334 g/mol. The monoisotopic (exact) mass is 348 g/mol. The van der Waals surface area contributed by atoms with E-state index in [-0.39, 0.29) is 5.97 Å². The van der Waals surface area contributed by atoms with Crippen LogP contribution in [0.1, 0.15) is 17.0 Å². The molecule has 25 heavy (non-hydrogen) atoms. The minimum atomic E-state index is -0.473. The fraction of sp³-hybridized carbons (Fsp3) is 0.0476. The van der Waals surface area contributed by atoms with E-state index in [0.29, 0.717) is 5.02 Å². The van der Waals surface area contributed by atoms with Gasteiger partial charge < -0.3 is 0 Å². The van der Waals surface area contributed by atoms with Crippen LogP contribution in [-0.4, -0.2) is 16.4 Å². The lowest BCUT2D eigenvalue weighted by Crippen LogP contribution is -2.18. The molecule has 0 fully saturated rings. The topological polar surface area (TPSA) is 29.3 Å². The fourth-order valence-corrected chi connectivity index (χ4v) is 3.15. The Morgan fingerprint density at radius 3 is 2.04 bits per heavy atom. The van der Waals surface area contributed by atoms with Crippen LogP contribution in [0.4, 0.5) is 5.69 Å². The lowest BCUT2D eigenvalue weighted by atomic mass is 9.90. The van der Waals surface area contributed by atoms with Gasteiger partial charge in [0.25, 0.3) is 11.4 Å². The largest absolute Gasteiger partial charge is 0.398 e. The summed E-state index contributed by atoms with van der Waals surface area (Å²) in [6.45, 7) is 0. The van der Waals surface area contributed by atoms with Gasteiger partial charge in [-0.25, -0.2) is 4.79 Å². The maximum absolute atomic E-state index is 12.7. The molecular formula is C21H15ClNO2+. The molecule has 3 aromatic rings. The van der Waals surface area contributed by atoms with Crippen molar-refractivity contribution in [2.24, 2.45) is 0 Å². The van der Waals surface area contributed by atoms with Crippen molar-refractivity contribution in [1.82, 2.24) is 0 Å². The lowest BCUT2D eigenvalue weighted by molar-refractivity contribution is -0.692. The van der Waals surface area contributed by atoms with E-state index in [0.717, 1.165) is 22.5 Å². The van der Waals surface area contributed by atoms with Crippen LogP contribution in [0.15, 0.2) is 84.9 Å². The van der Waals surface area contributed by atoms with Crippen molar-refractivity contribution in [2.75, 3.05) is 0 Å². The number of carbonyl (C=O) groups excluding carboxylic acids is 1. The third-order valence-electron chi connectivity index (χ3n) is 4.17. The molecule has 1 heterocycles. The van der Waals surface area contributed by atoms with Crippen molar-refractivity contribution in [1.29, 1.82) is 0 Å². The standard InChI is InChI=1S/C21H15ClNO2/c22-17-11-13-18(14-12-17)23-20(16-9-5-2-6-10-16)19(21(24)25-23)15-7-3-1-4-8-15/h1-14,19H/q+1. The Morgan fingerprint density at radius 1 is 0.800 bits per heavy atom. The van der Waals surface area contributed by atoms with Crippen LogP contribution < -0.4 is 0 Å². The third kappa shape index (κ3) is 2.94. The molecule has 0 aromatic heterocycles. The van der Waals surface area contributed by atoms with Crippen molar-refractivity contribution < 1.29 is 14.4 Å². The average Bonchev–Trinajstić information content (AvgIpc) is 3.01. The number of nitrogens with zero attached hydrogens (tertiary/aromatic N) is 1. The second-order valence-electron chi connectivity index (χ2n) is 5.78. The number of hydrogen-bond acceptors (Lipinski definition) is 2. The maximum Gasteiger partial charge on any atom is 0.398 e. The van der Waals surface area contributed by atoms with Crippen molar-refractivity contribution >= 4 is 29.0 Å². The molecule has 0 saturated carbocycles. The van der Waals surface area contributed by atoms with E-state index in [4.69, 9.17) is 16.4 Å². The molecule has 4 heteroatoms. The van der Waals surface area contributed by atoms with Crippen molar-refractivity contribution in [3.8, 4) is 0 Å². The van der Waals surface area contributed by atoms with E-state index in [2.05, 4.69) is 0 Å². The summed E-state index contributed by atoms with van der Waals surface area (Å²) in [5.74, 6) is -0.765. The Morgan fingerprint density at radius 2 is 1.40 bits per heavy atom. The Hall–Kier alpha value is -2.91. The van der Waals surface area contributed by atoms with Crippen LogP contribution in [0.3, 0.4) is 0 Å². The molecule has 0 N–H and O–H groups in total. The molecule has 0 amide bonds. The highest BCUT2D eigenvalue weighted by Crippen LogP contribution is 2.32. The SMILES string of the molecule is O=C1O[N+](c2ccc(Cl)cc2)=C(c2ccccc2)C1c1ccccc1. The van der Waals surface area contributed by atoms with E-state index in [1.165, 1.54) is 0 Å². The average molecular weight is 349 g/mol. The highest BCUT2D eigenvalue weighted by atomic mass is 35.5. The summed E-state index contributed by atoms with van der Waals surface area (Å²) in [5.41, 5.74) is 3.41. The van der Waals surface area contributed by atoms with Gasteiger partial charge in [0.1, 0.15) is 0 Å². The molecule has 1 unspecified atom stereocenters. The van der Waals surface area contributed by atoms with E-state index in [1.807, 2.05) is 72.8 Å². The van der Waals surface area contributed by atoms with Crippen LogP contribution in [0, 0.1) is 0 Å². The number of carbonyl (C=O) groups is 1. The van der Waals surface area contributed by atoms with Crippen LogP contribution in [0.2, 0.25) is 5.02 Å². The van der Waals surface area contributed by atoms with Crippen LogP contribution in [0.25, 0.3) is 0 Å². The zero-order valence-corrected chi connectivity index (χ0v) is 14.1. The van der Waals surface area contributed by atoms with E-state index < -0.39 is 5.92 Å². The molecule has 0 radical (unpaired) electrons. The van der Waals surface area contributed by atoms with E-state index in [9.17, 15) is 4.79 Å². The van der Waals surface area contributed by atoms with Crippen molar-refractivity contribution in [2.45, 2.75) is 5.92 Å². The summed E-state index contributed by atoms with van der Waals surface area (Å²) in [6.07, 6.45) is 0. The Bertz CT molecular complexity index is 935. The molecule has 1 aliphatic rings. The van der Waals surface area contributed by atoms with Gasteiger partial charge in [0, 0.05) is 27.5 Å². The first-order valence-corrected chi connectivity index (χ1v) is 8.36. The summed E-state index contributed by atoms with van der Waals surface area (Å²) in [4.78, 5) is 18.3. The normalized spacial score (nSPS) is 16.8. The highest BCUT2D eigenvalue weighted by Gasteiger charge is 2.47. The van der Waals surface area contributed by atoms with Gasteiger partial charge in [0.2, 0.25) is 0 Å². The highest BCUT2D eigenvalue weighted by molar-refractivity contribution is 6.30. The van der Waals surface area contributed by atoms with Gasteiger partial charge in [0.05, 0.1) is 0 Å². The second-order valence-corrected chi connectivity index (χ2v) is 6.21. The number of hydrogen-bond donors (Lipinski definition) is 0. The van der Waals surface area contributed by atoms with Gasteiger partial charge in [-0.15, -0.1) is 0 Å².